The van der Waals surface area contributed by atoms with E-state index in [9.17, 15) is 0 Å². The maximum atomic E-state index is 6.84. The number of furan rings is 1. The molecular weight excluding hydrogens is 438 g/mol. The Balaban J connectivity index is 1.59. The van der Waals surface area contributed by atoms with Crippen molar-refractivity contribution < 1.29 is 8.98 Å². The lowest BCUT2D eigenvalue weighted by Crippen LogP contribution is -2.32. The number of nitrogens with zero attached hydrogens (tertiary/aromatic N) is 1. The second-order valence-electron chi connectivity index (χ2n) is 12.0. The van der Waals surface area contributed by atoms with Gasteiger partial charge in [0.15, 0.2) is 6.20 Å². The molecule has 0 amide bonds. The number of aryl methyl sites for hydroxylation is 3. The summed E-state index contributed by atoms with van der Waals surface area (Å²) in [6.45, 7) is 13.7. The van der Waals surface area contributed by atoms with E-state index in [4.69, 9.17) is 4.42 Å². The maximum Gasteiger partial charge on any atom is 0.216 e. The van der Waals surface area contributed by atoms with Crippen LogP contribution in [-0.2, 0) is 19.9 Å². The Hall–Kier alpha value is -3.39. The van der Waals surface area contributed by atoms with Gasteiger partial charge in [0, 0.05) is 28.0 Å². The zero-order chi connectivity index (χ0) is 25.4. The highest BCUT2D eigenvalue weighted by atomic mass is 16.3. The van der Waals surface area contributed by atoms with Gasteiger partial charge in [-0.25, -0.2) is 4.57 Å². The van der Waals surface area contributed by atoms with E-state index in [1.54, 1.807) is 0 Å². The SMILES string of the molecule is Cc1c[n+](C)c(-c2c(C)ccc3c2oc2c(-c4ccc5c(c4)CC(C)(C)C5)cccc23)cc1C(C)C. The summed E-state index contributed by atoms with van der Waals surface area (Å²) in [5.74, 6) is 0.469. The van der Waals surface area contributed by atoms with Crippen LogP contribution in [0.2, 0.25) is 0 Å². The highest BCUT2D eigenvalue weighted by molar-refractivity contribution is 6.13. The highest BCUT2D eigenvalue weighted by Crippen LogP contribution is 2.43. The fraction of sp³-hybridized carbons (Fsp3) is 0.324. The van der Waals surface area contributed by atoms with E-state index in [-0.39, 0.29) is 0 Å². The summed E-state index contributed by atoms with van der Waals surface area (Å²) in [4.78, 5) is 0. The molecule has 0 N–H and O–H groups in total. The van der Waals surface area contributed by atoms with E-state index in [1.165, 1.54) is 61.0 Å². The highest BCUT2D eigenvalue weighted by Gasteiger charge is 2.29. The summed E-state index contributed by atoms with van der Waals surface area (Å²) in [7, 11) is 2.14. The van der Waals surface area contributed by atoms with Crippen molar-refractivity contribution in [3.63, 3.8) is 0 Å². The van der Waals surface area contributed by atoms with E-state index in [2.05, 4.69) is 114 Å². The van der Waals surface area contributed by atoms with Gasteiger partial charge in [0.25, 0.3) is 0 Å². The van der Waals surface area contributed by atoms with Gasteiger partial charge in [-0.3, -0.25) is 0 Å². The van der Waals surface area contributed by atoms with Gasteiger partial charge in [-0.2, -0.15) is 0 Å². The second-order valence-corrected chi connectivity index (χ2v) is 12.0. The molecule has 3 aromatic carbocycles. The summed E-state index contributed by atoms with van der Waals surface area (Å²) >= 11 is 0. The summed E-state index contributed by atoms with van der Waals surface area (Å²) < 4.78 is 9.09. The largest absolute Gasteiger partial charge is 0.454 e. The van der Waals surface area contributed by atoms with Crippen molar-refractivity contribution in [3.05, 3.63) is 88.6 Å². The van der Waals surface area contributed by atoms with Crippen molar-refractivity contribution in [1.82, 2.24) is 0 Å². The molecule has 2 heteroatoms. The van der Waals surface area contributed by atoms with Crippen molar-refractivity contribution in [2.24, 2.45) is 12.5 Å². The minimum atomic E-state index is 0.344. The molecule has 0 aliphatic heterocycles. The number of rotatable bonds is 3. The molecule has 36 heavy (non-hydrogen) atoms. The molecule has 1 aliphatic rings. The molecule has 0 unspecified atom stereocenters. The smallest absolute Gasteiger partial charge is 0.216 e. The fourth-order valence-corrected chi connectivity index (χ4v) is 6.40. The lowest BCUT2D eigenvalue weighted by atomic mass is 9.90. The Labute approximate surface area is 214 Å². The summed E-state index contributed by atoms with van der Waals surface area (Å²) in [5.41, 5.74) is 14.0. The van der Waals surface area contributed by atoms with Crippen LogP contribution >= 0.6 is 0 Å². The molecule has 1 aliphatic carbocycles. The molecule has 5 aromatic rings. The van der Waals surface area contributed by atoms with Gasteiger partial charge >= 0.3 is 0 Å². The molecule has 0 fully saturated rings. The molecule has 0 atom stereocenters. The third-order valence-electron chi connectivity index (χ3n) is 8.12. The van der Waals surface area contributed by atoms with E-state index in [0.29, 0.717) is 11.3 Å². The van der Waals surface area contributed by atoms with Gasteiger partial charge in [0.2, 0.25) is 5.69 Å². The average Bonchev–Trinajstić information content (AvgIpc) is 3.34. The summed E-state index contributed by atoms with van der Waals surface area (Å²) in [6, 6.07) is 20.4. The average molecular weight is 475 g/mol. The van der Waals surface area contributed by atoms with Gasteiger partial charge in [0.1, 0.15) is 18.2 Å². The van der Waals surface area contributed by atoms with Crippen molar-refractivity contribution in [2.75, 3.05) is 0 Å². The number of pyridine rings is 1. The van der Waals surface area contributed by atoms with E-state index in [0.717, 1.165) is 24.0 Å². The van der Waals surface area contributed by atoms with Gasteiger partial charge in [-0.15, -0.1) is 0 Å². The van der Waals surface area contributed by atoms with E-state index >= 15 is 0 Å². The third kappa shape index (κ3) is 3.58. The third-order valence-corrected chi connectivity index (χ3v) is 8.12. The monoisotopic (exact) mass is 474 g/mol. The molecule has 2 nitrogen and oxygen atoms in total. The Morgan fingerprint density at radius 1 is 0.833 bits per heavy atom. The van der Waals surface area contributed by atoms with Crippen molar-refractivity contribution in [3.8, 4) is 22.4 Å². The molecular formula is C34H36NO+. The first-order valence-corrected chi connectivity index (χ1v) is 13.2. The molecule has 182 valence electrons. The van der Waals surface area contributed by atoms with Crippen LogP contribution in [0.4, 0.5) is 0 Å². The minimum Gasteiger partial charge on any atom is -0.454 e. The zero-order valence-electron chi connectivity index (χ0n) is 22.6. The number of hydrogen-bond acceptors (Lipinski definition) is 1. The van der Waals surface area contributed by atoms with Crippen LogP contribution in [0.15, 0.2) is 65.2 Å². The van der Waals surface area contributed by atoms with Gasteiger partial charge < -0.3 is 4.42 Å². The molecule has 0 bridgehead atoms. The first-order valence-electron chi connectivity index (χ1n) is 13.2. The Kier molecular flexibility index (Phi) is 5.16. The van der Waals surface area contributed by atoms with Crippen LogP contribution in [0.5, 0.6) is 0 Å². The maximum absolute atomic E-state index is 6.84. The second kappa shape index (κ2) is 8.06. The standard InChI is InChI=1S/C34H36NO/c1-20(2)29-16-30(35(7)19-22(29)4)31-21(3)11-14-28-27-10-8-9-26(32(27)36-33(28)31)23-12-13-24-17-34(5,6)18-25(24)15-23/h8-16,19-20H,17-18H2,1-7H3/q+1. The number of hydrogen-bond donors (Lipinski definition) is 0. The summed E-state index contributed by atoms with van der Waals surface area (Å²) in [5, 5.41) is 2.37. The first-order chi connectivity index (χ1) is 17.1. The van der Waals surface area contributed by atoms with Crippen molar-refractivity contribution in [1.29, 1.82) is 0 Å². The van der Waals surface area contributed by atoms with Gasteiger partial charge in [0.05, 0.1) is 5.56 Å². The lowest BCUT2D eigenvalue weighted by molar-refractivity contribution is -0.660. The predicted octanol–water partition coefficient (Wildman–Crippen LogP) is 8.61. The first kappa shape index (κ1) is 23.0. The van der Waals surface area contributed by atoms with Gasteiger partial charge in [-0.05, 0) is 65.8 Å². The Bertz CT molecular complexity index is 1660. The summed E-state index contributed by atoms with van der Waals surface area (Å²) in [6.07, 6.45) is 4.55. The lowest BCUT2D eigenvalue weighted by Gasteiger charge is -2.14. The number of benzene rings is 3. The topological polar surface area (TPSA) is 17.0 Å². The number of para-hydroxylation sites is 1. The fourth-order valence-electron chi connectivity index (χ4n) is 6.40. The van der Waals surface area contributed by atoms with Crippen LogP contribution in [-0.4, -0.2) is 0 Å². The van der Waals surface area contributed by atoms with Crippen molar-refractivity contribution >= 4 is 21.9 Å². The van der Waals surface area contributed by atoms with Crippen LogP contribution in [0.1, 0.15) is 61.4 Å². The van der Waals surface area contributed by atoms with Crippen LogP contribution in [0.25, 0.3) is 44.3 Å². The van der Waals surface area contributed by atoms with Crippen LogP contribution in [0.3, 0.4) is 0 Å². The molecule has 6 rings (SSSR count). The molecule has 2 aromatic heterocycles. The van der Waals surface area contributed by atoms with Gasteiger partial charge in [-0.1, -0.05) is 76.2 Å². The zero-order valence-corrected chi connectivity index (χ0v) is 22.6. The van der Waals surface area contributed by atoms with Crippen molar-refractivity contribution in [2.45, 2.75) is 60.3 Å². The molecule has 2 heterocycles. The number of aromatic nitrogens is 1. The predicted molar refractivity (Wildman–Crippen MR) is 151 cm³/mol. The molecule has 0 saturated heterocycles. The van der Waals surface area contributed by atoms with Crippen LogP contribution in [0, 0.1) is 19.3 Å². The number of fused-ring (bicyclic) bond motifs is 4. The molecule has 0 radical (unpaired) electrons. The minimum absolute atomic E-state index is 0.344. The Morgan fingerprint density at radius 3 is 2.36 bits per heavy atom. The van der Waals surface area contributed by atoms with E-state index < -0.39 is 0 Å². The molecule has 0 spiro atoms. The normalized spacial score (nSPS) is 14.8. The van der Waals surface area contributed by atoms with Crippen LogP contribution < -0.4 is 4.57 Å². The Morgan fingerprint density at radius 2 is 1.58 bits per heavy atom. The van der Waals surface area contributed by atoms with E-state index in [1.807, 2.05) is 0 Å². The molecule has 0 saturated carbocycles. The quantitative estimate of drug-likeness (QED) is 0.239.